The summed E-state index contributed by atoms with van der Waals surface area (Å²) in [7, 11) is 0. The molecule has 7 heteroatoms. The van der Waals surface area contributed by atoms with Crippen molar-refractivity contribution in [2.24, 2.45) is 5.92 Å². The smallest absolute Gasteiger partial charge is 0.325 e. The highest BCUT2D eigenvalue weighted by Crippen LogP contribution is 2.27. The summed E-state index contributed by atoms with van der Waals surface area (Å²) in [5.74, 6) is 0.438. The Morgan fingerprint density at radius 1 is 1.29 bits per heavy atom. The minimum atomic E-state index is -4.24. The third-order valence-corrected chi connectivity index (χ3v) is 3.03. The van der Waals surface area contributed by atoms with Crippen molar-refractivity contribution in [3.8, 4) is 0 Å². The van der Waals surface area contributed by atoms with Crippen LogP contribution in [0.2, 0.25) is 0 Å². The molecule has 3 nitrogen and oxygen atoms in total. The van der Waals surface area contributed by atoms with Crippen molar-refractivity contribution < 1.29 is 18.0 Å². The van der Waals surface area contributed by atoms with E-state index in [9.17, 15) is 18.0 Å². The number of amides is 1. The van der Waals surface area contributed by atoms with Crippen LogP contribution in [0.25, 0.3) is 0 Å². The molecule has 0 atom stereocenters. The monoisotopic (exact) mass is 322 g/mol. The van der Waals surface area contributed by atoms with Crippen LogP contribution in [0.15, 0.2) is 24.3 Å². The summed E-state index contributed by atoms with van der Waals surface area (Å²) in [6.07, 6.45) is -2.83. The van der Waals surface area contributed by atoms with E-state index in [0.717, 1.165) is 6.54 Å². The number of alkyl halides is 3. The summed E-state index contributed by atoms with van der Waals surface area (Å²) in [6, 6.07) is 5.84. The third kappa shape index (κ3) is 7.34. The number of nitrogens with one attached hydrogen (secondary N) is 2. The van der Waals surface area contributed by atoms with E-state index in [0.29, 0.717) is 11.6 Å². The van der Waals surface area contributed by atoms with Gasteiger partial charge in [-0.05, 0) is 43.0 Å². The number of halogens is 4. The van der Waals surface area contributed by atoms with Gasteiger partial charge in [-0.1, -0.05) is 12.1 Å². The minimum Gasteiger partial charge on any atom is -0.325 e. The first-order chi connectivity index (χ1) is 9.42. The fourth-order valence-corrected chi connectivity index (χ4v) is 1.91. The molecule has 1 aliphatic carbocycles. The Morgan fingerprint density at radius 2 is 2.00 bits per heavy atom. The lowest BCUT2D eigenvalue weighted by Gasteiger charge is -2.09. The SMILES string of the molecule is Cl.O=C(CNCC1CC1)Nc1cccc(CC(F)(F)F)c1. The fraction of sp³-hybridized carbons (Fsp3) is 0.500. The van der Waals surface area contributed by atoms with E-state index < -0.39 is 12.6 Å². The second-order valence-electron chi connectivity index (χ2n) is 5.11. The van der Waals surface area contributed by atoms with E-state index in [2.05, 4.69) is 10.6 Å². The van der Waals surface area contributed by atoms with Crippen LogP contribution in [-0.4, -0.2) is 25.2 Å². The van der Waals surface area contributed by atoms with Crippen LogP contribution in [0.1, 0.15) is 18.4 Å². The first-order valence-electron chi connectivity index (χ1n) is 6.58. The average molecular weight is 323 g/mol. The Balaban J connectivity index is 0.00000220. The van der Waals surface area contributed by atoms with Crippen LogP contribution in [0, 0.1) is 5.92 Å². The summed E-state index contributed by atoms with van der Waals surface area (Å²) >= 11 is 0. The number of hydrogen-bond donors (Lipinski definition) is 2. The van der Waals surface area contributed by atoms with E-state index in [1.165, 1.54) is 31.0 Å². The van der Waals surface area contributed by atoms with Gasteiger partial charge in [0.2, 0.25) is 5.91 Å². The number of hydrogen-bond acceptors (Lipinski definition) is 2. The van der Waals surface area contributed by atoms with E-state index >= 15 is 0 Å². The zero-order valence-corrected chi connectivity index (χ0v) is 12.2. The predicted octanol–water partition coefficient (Wildman–Crippen LogP) is 3.15. The summed E-state index contributed by atoms with van der Waals surface area (Å²) in [6.45, 7) is 1.00. The van der Waals surface area contributed by atoms with Crippen LogP contribution in [0.3, 0.4) is 0 Å². The van der Waals surface area contributed by atoms with Crippen LogP contribution < -0.4 is 10.6 Å². The Kier molecular flexibility index (Phi) is 6.48. The Hall–Kier alpha value is -1.27. The van der Waals surface area contributed by atoms with Crippen molar-refractivity contribution in [1.29, 1.82) is 0 Å². The lowest BCUT2D eigenvalue weighted by Crippen LogP contribution is -2.29. The van der Waals surface area contributed by atoms with Crippen LogP contribution in [-0.2, 0) is 11.2 Å². The van der Waals surface area contributed by atoms with Crippen molar-refractivity contribution in [3.63, 3.8) is 0 Å². The Bertz CT molecular complexity index is 476. The molecule has 0 radical (unpaired) electrons. The molecule has 0 bridgehead atoms. The molecule has 0 spiro atoms. The Morgan fingerprint density at radius 3 is 2.62 bits per heavy atom. The van der Waals surface area contributed by atoms with Crippen molar-refractivity contribution in [1.82, 2.24) is 5.32 Å². The number of carbonyl (C=O) groups excluding carboxylic acids is 1. The normalized spacial score (nSPS) is 14.4. The molecule has 1 amide bonds. The zero-order chi connectivity index (χ0) is 14.6. The van der Waals surface area contributed by atoms with E-state index in [1.54, 1.807) is 6.07 Å². The molecule has 21 heavy (non-hydrogen) atoms. The number of benzene rings is 1. The average Bonchev–Trinajstić information content (AvgIpc) is 3.11. The molecule has 1 aliphatic rings. The van der Waals surface area contributed by atoms with Gasteiger partial charge in [-0.25, -0.2) is 0 Å². The Labute approximate surface area is 127 Å². The summed E-state index contributed by atoms with van der Waals surface area (Å²) in [5.41, 5.74) is 0.534. The topological polar surface area (TPSA) is 41.1 Å². The van der Waals surface area contributed by atoms with Crippen LogP contribution >= 0.6 is 12.4 Å². The van der Waals surface area contributed by atoms with Gasteiger partial charge in [0, 0.05) is 5.69 Å². The highest BCUT2D eigenvalue weighted by molar-refractivity contribution is 5.92. The largest absolute Gasteiger partial charge is 0.393 e. The van der Waals surface area contributed by atoms with Gasteiger partial charge >= 0.3 is 6.18 Å². The molecule has 1 aromatic carbocycles. The maximum atomic E-state index is 12.3. The lowest BCUT2D eigenvalue weighted by atomic mass is 10.1. The molecule has 118 valence electrons. The molecule has 1 saturated carbocycles. The first kappa shape index (κ1) is 17.8. The summed E-state index contributed by atoms with van der Waals surface area (Å²) < 4.78 is 36.9. The maximum Gasteiger partial charge on any atom is 0.393 e. The molecule has 2 N–H and O–H groups in total. The van der Waals surface area contributed by atoms with E-state index in [1.807, 2.05) is 0 Å². The second-order valence-corrected chi connectivity index (χ2v) is 5.11. The molecule has 0 aliphatic heterocycles. The van der Waals surface area contributed by atoms with Gasteiger partial charge < -0.3 is 10.6 Å². The van der Waals surface area contributed by atoms with Crippen LogP contribution in [0.4, 0.5) is 18.9 Å². The highest BCUT2D eigenvalue weighted by Gasteiger charge is 2.27. The molecule has 0 aromatic heterocycles. The van der Waals surface area contributed by atoms with Gasteiger partial charge in [-0.15, -0.1) is 12.4 Å². The summed E-state index contributed by atoms with van der Waals surface area (Å²) in [5, 5.41) is 5.62. The van der Waals surface area contributed by atoms with Gasteiger partial charge in [0.15, 0.2) is 0 Å². The van der Waals surface area contributed by atoms with Crippen molar-refractivity contribution in [3.05, 3.63) is 29.8 Å². The predicted molar refractivity (Wildman–Crippen MR) is 77.7 cm³/mol. The molecule has 0 heterocycles. The third-order valence-electron chi connectivity index (χ3n) is 3.03. The fourth-order valence-electron chi connectivity index (χ4n) is 1.91. The van der Waals surface area contributed by atoms with Crippen molar-refractivity contribution >= 4 is 24.0 Å². The highest BCUT2D eigenvalue weighted by atomic mass is 35.5. The molecule has 0 unspecified atom stereocenters. The summed E-state index contributed by atoms with van der Waals surface area (Å²) in [4.78, 5) is 11.6. The van der Waals surface area contributed by atoms with E-state index in [-0.39, 0.29) is 30.4 Å². The quantitative estimate of drug-likeness (QED) is 0.844. The molecule has 1 aromatic rings. The van der Waals surface area contributed by atoms with Crippen molar-refractivity contribution in [2.75, 3.05) is 18.4 Å². The first-order valence-corrected chi connectivity index (χ1v) is 6.58. The van der Waals surface area contributed by atoms with Gasteiger partial charge in [-0.2, -0.15) is 13.2 Å². The standard InChI is InChI=1S/C14H17F3N2O.ClH/c15-14(16,17)7-11-2-1-3-12(6-11)19-13(20)9-18-8-10-4-5-10;/h1-3,6,10,18H,4-5,7-9H2,(H,19,20);1H. The minimum absolute atomic E-state index is 0. The van der Waals surface area contributed by atoms with Gasteiger partial charge in [0.1, 0.15) is 0 Å². The maximum absolute atomic E-state index is 12.3. The molecular weight excluding hydrogens is 305 g/mol. The van der Waals surface area contributed by atoms with Gasteiger partial charge in [0.05, 0.1) is 13.0 Å². The molecule has 0 saturated heterocycles. The number of anilines is 1. The number of rotatable bonds is 6. The second kappa shape index (κ2) is 7.66. The molecule has 1 fully saturated rings. The molecular formula is C14H18ClF3N2O. The number of carbonyl (C=O) groups is 1. The lowest BCUT2D eigenvalue weighted by molar-refractivity contribution is -0.127. The van der Waals surface area contributed by atoms with Gasteiger partial charge in [0.25, 0.3) is 0 Å². The van der Waals surface area contributed by atoms with Crippen LogP contribution in [0.5, 0.6) is 0 Å². The van der Waals surface area contributed by atoms with Crippen molar-refractivity contribution in [2.45, 2.75) is 25.4 Å². The zero-order valence-electron chi connectivity index (χ0n) is 11.4. The van der Waals surface area contributed by atoms with Gasteiger partial charge in [-0.3, -0.25) is 4.79 Å². The van der Waals surface area contributed by atoms with E-state index in [4.69, 9.17) is 0 Å². The molecule has 2 rings (SSSR count).